The van der Waals surface area contributed by atoms with Crippen molar-refractivity contribution in [1.82, 2.24) is 0 Å². The monoisotopic (exact) mass is 264 g/mol. The molecule has 0 bridgehead atoms. The fourth-order valence-corrected chi connectivity index (χ4v) is 1.23. The third-order valence-corrected chi connectivity index (χ3v) is 2.15. The lowest BCUT2D eigenvalue weighted by Gasteiger charge is -2.10. The van der Waals surface area contributed by atoms with Crippen LogP contribution in [0.1, 0.15) is 0 Å². The molecule has 0 saturated carbocycles. The molecule has 1 aromatic carbocycles. The minimum Gasteiger partial charge on any atom is -0.493 e. The van der Waals surface area contributed by atoms with Gasteiger partial charge in [0.25, 0.3) is 0 Å². The van der Waals surface area contributed by atoms with Crippen LogP contribution in [-0.4, -0.2) is 21.0 Å². The number of rotatable bonds is 4. The molecule has 0 aliphatic carbocycles. The van der Waals surface area contributed by atoms with Crippen LogP contribution in [0.25, 0.3) is 0 Å². The first-order valence-corrected chi connectivity index (χ1v) is 4.63. The molecule has 0 spiro atoms. The van der Waals surface area contributed by atoms with Crippen LogP contribution >= 0.6 is 15.9 Å². The molecule has 0 atom stereocenters. The summed E-state index contributed by atoms with van der Waals surface area (Å²) in [4.78, 5) is 0. The van der Waals surface area contributed by atoms with Crippen LogP contribution in [0.3, 0.4) is 0 Å². The topological polar surface area (TPSA) is 27.7 Å². The van der Waals surface area contributed by atoms with Crippen molar-refractivity contribution in [3.05, 3.63) is 22.4 Å². The summed E-state index contributed by atoms with van der Waals surface area (Å²) in [5.74, 6) is 0.363. The molecule has 0 unspecified atom stereocenters. The van der Waals surface area contributed by atoms with E-state index in [0.717, 1.165) is 0 Å². The highest BCUT2D eigenvalue weighted by Crippen LogP contribution is 2.32. The van der Waals surface area contributed by atoms with E-state index in [4.69, 9.17) is 14.2 Å². The molecule has 0 saturated heterocycles. The van der Waals surface area contributed by atoms with Gasteiger partial charge in [0.15, 0.2) is 18.3 Å². The van der Waals surface area contributed by atoms with Gasteiger partial charge in [-0.2, -0.15) is 0 Å². The molecule has 1 aromatic rings. The molecule has 78 valence electrons. The average Bonchev–Trinajstić information content (AvgIpc) is 2.19. The van der Waals surface area contributed by atoms with Crippen molar-refractivity contribution in [1.29, 1.82) is 0 Å². The van der Waals surface area contributed by atoms with Gasteiger partial charge in [-0.15, -0.1) is 0 Å². The van der Waals surface area contributed by atoms with Gasteiger partial charge < -0.3 is 14.2 Å². The summed E-state index contributed by atoms with van der Waals surface area (Å²) >= 11 is 3.05. The van der Waals surface area contributed by atoms with Crippen molar-refractivity contribution < 1.29 is 18.6 Å². The van der Waals surface area contributed by atoms with Gasteiger partial charge in [0.05, 0.1) is 11.6 Å². The largest absolute Gasteiger partial charge is 0.493 e. The molecule has 0 fully saturated rings. The number of benzene rings is 1. The quantitative estimate of drug-likeness (QED) is 0.783. The van der Waals surface area contributed by atoms with Crippen molar-refractivity contribution in [2.75, 3.05) is 21.0 Å². The van der Waals surface area contributed by atoms with Crippen LogP contribution in [0.4, 0.5) is 4.39 Å². The number of hydrogen-bond acceptors (Lipinski definition) is 3. The maximum atomic E-state index is 13.1. The van der Waals surface area contributed by atoms with Crippen molar-refractivity contribution in [2.45, 2.75) is 0 Å². The Hall–Kier alpha value is -0.810. The van der Waals surface area contributed by atoms with E-state index in [2.05, 4.69) is 15.9 Å². The van der Waals surface area contributed by atoms with Crippen LogP contribution in [0.15, 0.2) is 16.6 Å². The lowest BCUT2D eigenvalue weighted by atomic mass is 10.3. The van der Waals surface area contributed by atoms with E-state index < -0.39 is 5.82 Å². The Kier molecular flexibility index (Phi) is 4.16. The van der Waals surface area contributed by atoms with Crippen molar-refractivity contribution in [3.8, 4) is 11.5 Å². The molecule has 0 radical (unpaired) electrons. The molecule has 0 aliphatic rings. The Balaban J connectivity index is 2.95. The van der Waals surface area contributed by atoms with Crippen molar-refractivity contribution in [3.63, 3.8) is 0 Å². The Morgan fingerprint density at radius 3 is 2.57 bits per heavy atom. The lowest BCUT2D eigenvalue weighted by Crippen LogP contribution is -2.01. The second kappa shape index (κ2) is 5.17. The molecule has 0 N–H and O–H groups in total. The Morgan fingerprint density at radius 2 is 2.00 bits per heavy atom. The summed E-state index contributed by atoms with van der Waals surface area (Å²) < 4.78 is 28.2. The molecule has 0 amide bonds. The molecule has 14 heavy (non-hydrogen) atoms. The van der Waals surface area contributed by atoms with Crippen LogP contribution in [0.5, 0.6) is 11.5 Å². The number of ether oxygens (including phenoxy) is 3. The van der Waals surface area contributed by atoms with Crippen LogP contribution in [-0.2, 0) is 4.74 Å². The highest BCUT2D eigenvalue weighted by atomic mass is 79.9. The van der Waals surface area contributed by atoms with Crippen LogP contribution < -0.4 is 9.47 Å². The molecular weight excluding hydrogens is 255 g/mol. The summed E-state index contributed by atoms with van der Waals surface area (Å²) in [6, 6.07) is 2.74. The third-order valence-electron chi connectivity index (χ3n) is 1.54. The second-order valence-electron chi connectivity index (χ2n) is 2.47. The number of methoxy groups -OCH3 is 2. The van der Waals surface area contributed by atoms with E-state index in [9.17, 15) is 4.39 Å². The zero-order valence-corrected chi connectivity index (χ0v) is 9.43. The first-order valence-electron chi connectivity index (χ1n) is 3.83. The first-order chi connectivity index (χ1) is 6.69. The zero-order chi connectivity index (χ0) is 10.6. The van der Waals surface area contributed by atoms with Gasteiger partial charge in [0.1, 0.15) is 5.82 Å². The fraction of sp³-hybridized carbons (Fsp3) is 0.333. The van der Waals surface area contributed by atoms with Crippen LogP contribution in [0.2, 0.25) is 0 Å². The highest BCUT2D eigenvalue weighted by Gasteiger charge is 2.09. The van der Waals surface area contributed by atoms with Gasteiger partial charge in [-0.25, -0.2) is 4.39 Å². The summed E-state index contributed by atoms with van der Waals surface area (Å²) in [5, 5.41) is 0. The van der Waals surface area contributed by atoms with E-state index >= 15 is 0 Å². The maximum absolute atomic E-state index is 13.1. The van der Waals surface area contributed by atoms with E-state index in [-0.39, 0.29) is 6.79 Å². The number of hydrogen-bond donors (Lipinski definition) is 0. The second-order valence-corrected chi connectivity index (χ2v) is 3.32. The Labute approximate surface area is 89.9 Å². The fourth-order valence-electron chi connectivity index (χ4n) is 0.905. The predicted molar refractivity (Wildman–Crippen MR) is 53.2 cm³/mol. The van der Waals surface area contributed by atoms with E-state index in [1.165, 1.54) is 26.4 Å². The molecular formula is C9H10BrFO3. The van der Waals surface area contributed by atoms with Crippen molar-refractivity contribution >= 4 is 15.9 Å². The minimum absolute atomic E-state index is 0.0530. The van der Waals surface area contributed by atoms with Crippen LogP contribution in [0, 0.1) is 5.82 Å². The summed E-state index contributed by atoms with van der Waals surface area (Å²) in [5.41, 5.74) is 0. The summed E-state index contributed by atoms with van der Waals surface area (Å²) in [6.07, 6.45) is 0. The smallest absolute Gasteiger partial charge is 0.188 e. The van der Waals surface area contributed by atoms with E-state index in [1.807, 2.05) is 0 Å². The average molecular weight is 265 g/mol. The summed E-state index contributed by atoms with van der Waals surface area (Å²) in [6.45, 7) is 0.0530. The summed E-state index contributed by atoms with van der Waals surface area (Å²) in [7, 11) is 2.97. The molecule has 0 aliphatic heterocycles. The molecule has 0 aromatic heterocycles. The maximum Gasteiger partial charge on any atom is 0.188 e. The van der Waals surface area contributed by atoms with Gasteiger partial charge in [-0.3, -0.25) is 0 Å². The Bertz CT molecular complexity index is 317. The van der Waals surface area contributed by atoms with Crippen molar-refractivity contribution in [2.24, 2.45) is 0 Å². The first kappa shape index (κ1) is 11.3. The molecule has 3 nitrogen and oxygen atoms in total. The van der Waals surface area contributed by atoms with Gasteiger partial charge in [-0.05, 0) is 15.9 Å². The normalized spacial score (nSPS) is 10.0. The minimum atomic E-state index is -0.406. The number of halogens is 2. The van der Waals surface area contributed by atoms with Gasteiger partial charge >= 0.3 is 0 Å². The molecule has 0 heterocycles. The Morgan fingerprint density at radius 1 is 1.29 bits per heavy atom. The zero-order valence-electron chi connectivity index (χ0n) is 7.84. The third kappa shape index (κ3) is 2.59. The lowest BCUT2D eigenvalue weighted by molar-refractivity contribution is 0.0489. The molecule has 5 heteroatoms. The SMILES string of the molecule is COCOc1cc(F)c(Br)cc1OC. The van der Waals surface area contributed by atoms with Gasteiger partial charge in [-0.1, -0.05) is 0 Å². The highest BCUT2D eigenvalue weighted by molar-refractivity contribution is 9.10. The van der Waals surface area contributed by atoms with Gasteiger partial charge in [0.2, 0.25) is 0 Å². The predicted octanol–water partition coefficient (Wildman–Crippen LogP) is 2.58. The molecule has 1 rings (SSSR count). The van der Waals surface area contributed by atoms with Gasteiger partial charge in [0, 0.05) is 19.2 Å². The van der Waals surface area contributed by atoms with E-state index in [0.29, 0.717) is 16.0 Å². The van der Waals surface area contributed by atoms with E-state index in [1.54, 1.807) is 0 Å². The standard InChI is InChI=1S/C9H10BrFO3/c1-12-5-14-9-4-7(11)6(10)3-8(9)13-2/h3-4H,5H2,1-2H3.